The largest absolute Gasteiger partial charge is 0.300 e. The summed E-state index contributed by atoms with van der Waals surface area (Å²) in [4.78, 5) is 13.3. The SMILES string of the molecule is CCCC(NC(C)C(=O)c1ccc(Br)s1)c1ccccc1. The zero-order chi connectivity index (χ0) is 15.2. The van der Waals surface area contributed by atoms with E-state index in [1.165, 1.54) is 16.9 Å². The smallest absolute Gasteiger partial charge is 0.189 e. The Kier molecular flexibility index (Phi) is 6.15. The predicted molar refractivity (Wildman–Crippen MR) is 93.0 cm³/mol. The Morgan fingerprint density at radius 2 is 1.95 bits per heavy atom. The first-order valence-corrected chi connectivity index (χ1v) is 8.83. The van der Waals surface area contributed by atoms with Crippen LogP contribution in [0.3, 0.4) is 0 Å². The van der Waals surface area contributed by atoms with Gasteiger partial charge in [0.2, 0.25) is 0 Å². The van der Waals surface area contributed by atoms with Crippen molar-refractivity contribution in [2.45, 2.75) is 38.8 Å². The van der Waals surface area contributed by atoms with Gasteiger partial charge < -0.3 is 5.32 Å². The fraction of sp³-hybridized carbons (Fsp3) is 0.353. The van der Waals surface area contributed by atoms with Crippen LogP contribution in [0.5, 0.6) is 0 Å². The minimum Gasteiger partial charge on any atom is -0.300 e. The van der Waals surface area contributed by atoms with Gasteiger partial charge in [0.25, 0.3) is 0 Å². The molecule has 1 N–H and O–H groups in total. The molecule has 1 aromatic carbocycles. The number of carbonyl (C=O) groups is 1. The van der Waals surface area contributed by atoms with Crippen molar-refractivity contribution in [1.29, 1.82) is 0 Å². The Morgan fingerprint density at radius 1 is 1.24 bits per heavy atom. The third-order valence-corrected chi connectivity index (χ3v) is 5.08. The molecule has 0 saturated carbocycles. The summed E-state index contributed by atoms with van der Waals surface area (Å²) in [6.45, 7) is 4.11. The van der Waals surface area contributed by atoms with Crippen molar-refractivity contribution in [3.05, 3.63) is 56.7 Å². The zero-order valence-corrected chi connectivity index (χ0v) is 14.7. The van der Waals surface area contributed by atoms with E-state index in [2.05, 4.69) is 40.3 Å². The van der Waals surface area contributed by atoms with Crippen LogP contribution in [0.1, 0.15) is 48.0 Å². The molecule has 0 spiro atoms. The van der Waals surface area contributed by atoms with Crippen LogP contribution in [0.15, 0.2) is 46.3 Å². The van der Waals surface area contributed by atoms with Crippen molar-refractivity contribution >= 4 is 33.0 Å². The van der Waals surface area contributed by atoms with Gasteiger partial charge in [-0.2, -0.15) is 0 Å². The molecule has 2 aromatic rings. The molecule has 4 heteroatoms. The summed E-state index contributed by atoms with van der Waals surface area (Å²) >= 11 is 4.90. The summed E-state index contributed by atoms with van der Waals surface area (Å²) in [7, 11) is 0. The lowest BCUT2D eigenvalue weighted by Crippen LogP contribution is -2.36. The fourth-order valence-corrected chi connectivity index (χ4v) is 3.77. The average Bonchev–Trinajstić information content (AvgIpc) is 2.93. The number of ketones is 1. The lowest BCUT2D eigenvalue weighted by atomic mass is 10.0. The number of carbonyl (C=O) groups excluding carboxylic acids is 1. The van der Waals surface area contributed by atoms with Gasteiger partial charge in [-0.05, 0) is 47.0 Å². The first kappa shape index (κ1) is 16.4. The molecule has 0 aliphatic carbocycles. The normalized spacial score (nSPS) is 13.9. The highest BCUT2D eigenvalue weighted by molar-refractivity contribution is 9.11. The van der Waals surface area contributed by atoms with E-state index in [1.54, 1.807) is 0 Å². The van der Waals surface area contributed by atoms with Crippen molar-refractivity contribution in [1.82, 2.24) is 5.32 Å². The maximum Gasteiger partial charge on any atom is 0.189 e. The Balaban J connectivity index is 2.08. The van der Waals surface area contributed by atoms with E-state index < -0.39 is 0 Å². The number of benzene rings is 1. The van der Waals surface area contributed by atoms with Gasteiger partial charge in [-0.1, -0.05) is 43.7 Å². The summed E-state index contributed by atoms with van der Waals surface area (Å²) in [5, 5.41) is 3.48. The van der Waals surface area contributed by atoms with Gasteiger partial charge in [0.15, 0.2) is 5.78 Å². The maximum atomic E-state index is 12.5. The lowest BCUT2D eigenvalue weighted by Gasteiger charge is -2.22. The highest BCUT2D eigenvalue weighted by Crippen LogP contribution is 2.24. The quantitative estimate of drug-likeness (QED) is 0.682. The first-order valence-electron chi connectivity index (χ1n) is 7.22. The predicted octanol–water partition coefficient (Wildman–Crippen LogP) is 5.21. The van der Waals surface area contributed by atoms with E-state index in [1.807, 2.05) is 37.3 Å². The third kappa shape index (κ3) is 4.50. The molecular weight excluding hydrogens is 346 g/mol. The molecule has 2 atom stereocenters. The molecule has 2 rings (SSSR count). The summed E-state index contributed by atoms with van der Waals surface area (Å²) in [5.41, 5.74) is 1.24. The van der Waals surface area contributed by atoms with E-state index >= 15 is 0 Å². The van der Waals surface area contributed by atoms with Gasteiger partial charge in [-0.25, -0.2) is 0 Å². The van der Waals surface area contributed by atoms with E-state index in [0.717, 1.165) is 21.5 Å². The molecule has 0 saturated heterocycles. The van der Waals surface area contributed by atoms with Crippen LogP contribution in [0, 0.1) is 0 Å². The second kappa shape index (κ2) is 7.87. The summed E-state index contributed by atoms with van der Waals surface area (Å²) in [6.07, 6.45) is 2.10. The van der Waals surface area contributed by atoms with Gasteiger partial charge in [-0.3, -0.25) is 4.79 Å². The van der Waals surface area contributed by atoms with Gasteiger partial charge in [-0.15, -0.1) is 11.3 Å². The van der Waals surface area contributed by atoms with Crippen LogP contribution >= 0.6 is 27.3 Å². The highest BCUT2D eigenvalue weighted by Gasteiger charge is 2.20. The van der Waals surface area contributed by atoms with Crippen LogP contribution in [-0.4, -0.2) is 11.8 Å². The van der Waals surface area contributed by atoms with Crippen molar-refractivity contribution in [3.8, 4) is 0 Å². The molecule has 1 heterocycles. The number of Topliss-reactive ketones (excluding diaryl/α,β-unsaturated/α-hetero) is 1. The first-order chi connectivity index (χ1) is 10.1. The molecule has 2 unspecified atom stereocenters. The molecular formula is C17H20BrNOS. The number of rotatable bonds is 7. The molecule has 0 bridgehead atoms. The molecule has 0 amide bonds. The molecule has 0 aliphatic heterocycles. The Bertz CT molecular complexity index is 581. The summed E-state index contributed by atoms with van der Waals surface area (Å²) in [6, 6.07) is 14.2. The van der Waals surface area contributed by atoms with E-state index in [9.17, 15) is 4.79 Å². The maximum absolute atomic E-state index is 12.5. The minimum atomic E-state index is -0.188. The number of thiophene rings is 1. The van der Waals surface area contributed by atoms with Crippen molar-refractivity contribution < 1.29 is 4.79 Å². The van der Waals surface area contributed by atoms with E-state index in [0.29, 0.717) is 0 Å². The second-order valence-electron chi connectivity index (χ2n) is 5.11. The molecule has 0 fully saturated rings. The van der Waals surface area contributed by atoms with Crippen molar-refractivity contribution in [3.63, 3.8) is 0 Å². The Hall–Kier alpha value is -0.970. The van der Waals surface area contributed by atoms with Crippen LogP contribution in [0.25, 0.3) is 0 Å². The van der Waals surface area contributed by atoms with Crippen LogP contribution < -0.4 is 5.32 Å². The molecule has 2 nitrogen and oxygen atoms in total. The van der Waals surface area contributed by atoms with Crippen LogP contribution in [-0.2, 0) is 0 Å². The van der Waals surface area contributed by atoms with Crippen LogP contribution in [0.4, 0.5) is 0 Å². The van der Waals surface area contributed by atoms with Crippen LogP contribution in [0.2, 0.25) is 0 Å². The number of hydrogen-bond donors (Lipinski definition) is 1. The van der Waals surface area contributed by atoms with Gasteiger partial charge in [0.1, 0.15) is 0 Å². The van der Waals surface area contributed by atoms with Gasteiger partial charge >= 0.3 is 0 Å². The Labute approximate surface area is 138 Å². The van der Waals surface area contributed by atoms with Gasteiger partial charge in [0, 0.05) is 6.04 Å². The van der Waals surface area contributed by atoms with Crippen molar-refractivity contribution in [2.24, 2.45) is 0 Å². The lowest BCUT2D eigenvalue weighted by molar-refractivity contribution is 0.0947. The fourth-order valence-electron chi connectivity index (χ4n) is 2.36. The molecule has 112 valence electrons. The molecule has 0 aliphatic rings. The number of hydrogen-bond acceptors (Lipinski definition) is 3. The van der Waals surface area contributed by atoms with Crippen molar-refractivity contribution in [2.75, 3.05) is 0 Å². The summed E-state index contributed by atoms with van der Waals surface area (Å²) in [5.74, 6) is 0.155. The zero-order valence-electron chi connectivity index (χ0n) is 12.3. The summed E-state index contributed by atoms with van der Waals surface area (Å²) < 4.78 is 0.992. The molecule has 1 aromatic heterocycles. The number of nitrogens with one attached hydrogen (secondary N) is 1. The second-order valence-corrected chi connectivity index (χ2v) is 7.57. The minimum absolute atomic E-state index is 0.155. The topological polar surface area (TPSA) is 29.1 Å². The van der Waals surface area contributed by atoms with Gasteiger partial charge in [0.05, 0.1) is 14.7 Å². The average molecular weight is 366 g/mol. The van der Waals surface area contributed by atoms with E-state index in [-0.39, 0.29) is 17.9 Å². The highest BCUT2D eigenvalue weighted by atomic mass is 79.9. The number of halogens is 1. The standard InChI is InChI=1S/C17H20BrNOS/c1-3-7-14(13-8-5-4-6-9-13)19-12(2)17(20)15-10-11-16(18)21-15/h4-6,8-12,14,19H,3,7H2,1-2H3. The van der Waals surface area contributed by atoms with E-state index in [4.69, 9.17) is 0 Å². The molecule has 21 heavy (non-hydrogen) atoms. The monoisotopic (exact) mass is 365 g/mol. The Morgan fingerprint density at radius 3 is 2.52 bits per heavy atom. The third-order valence-electron chi connectivity index (χ3n) is 3.44. The molecule has 0 radical (unpaired) electrons.